The third-order valence-electron chi connectivity index (χ3n) is 4.46. The average Bonchev–Trinajstić information content (AvgIpc) is 2.73. The zero-order valence-corrected chi connectivity index (χ0v) is 18.0. The smallest absolute Gasteiger partial charge is 0.262 e. The summed E-state index contributed by atoms with van der Waals surface area (Å²) in [4.78, 5) is 12.6. The van der Waals surface area contributed by atoms with Crippen LogP contribution in [-0.4, -0.2) is 21.4 Å². The minimum atomic E-state index is -3.93. The normalized spacial score (nSPS) is 11.0. The van der Waals surface area contributed by atoms with Crippen molar-refractivity contribution in [3.05, 3.63) is 88.4 Å². The second-order valence-corrected chi connectivity index (χ2v) is 8.68. The molecule has 0 aromatic heterocycles. The summed E-state index contributed by atoms with van der Waals surface area (Å²) in [5.41, 5.74) is 1.96. The fourth-order valence-corrected chi connectivity index (χ4v) is 4.31. The van der Waals surface area contributed by atoms with Gasteiger partial charge in [0.15, 0.2) is 0 Å². The molecule has 156 valence electrons. The number of nitrogens with one attached hydrogen (secondary N) is 2. The molecule has 0 unspecified atom stereocenters. The number of methoxy groups -OCH3 is 1. The Morgan fingerprint density at radius 2 is 1.73 bits per heavy atom. The standard InChI is InChI=1S/C22H21ClN2O4S/c1-15-7-10-17(22(26)24-14-16-8-11-18(23)12-9-16)13-21(15)30(27,28)25-19-5-3-4-6-20(19)29-2/h3-13,25H,14H2,1-2H3,(H,24,26). The van der Waals surface area contributed by atoms with Crippen molar-refractivity contribution in [3.63, 3.8) is 0 Å². The molecule has 0 radical (unpaired) electrons. The maximum Gasteiger partial charge on any atom is 0.262 e. The molecule has 3 rings (SSSR count). The first-order valence-corrected chi connectivity index (χ1v) is 11.0. The van der Waals surface area contributed by atoms with Crippen molar-refractivity contribution in [1.82, 2.24) is 5.32 Å². The van der Waals surface area contributed by atoms with Crippen LogP contribution < -0.4 is 14.8 Å². The van der Waals surface area contributed by atoms with Crippen molar-refractivity contribution in [3.8, 4) is 5.75 Å². The van der Waals surface area contributed by atoms with Gasteiger partial charge in [-0.1, -0.05) is 41.9 Å². The van der Waals surface area contributed by atoms with Crippen LogP contribution in [0.1, 0.15) is 21.5 Å². The van der Waals surface area contributed by atoms with Gasteiger partial charge in [0.05, 0.1) is 17.7 Å². The molecular weight excluding hydrogens is 424 g/mol. The number of anilines is 1. The second-order valence-electron chi connectivity index (χ2n) is 6.60. The van der Waals surface area contributed by atoms with Crippen LogP contribution in [0.4, 0.5) is 5.69 Å². The van der Waals surface area contributed by atoms with E-state index in [1.54, 1.807) is 55.5 Å². The molecule has 0 atom stereocenters. The minimum Gasteiger partial charge on any atom is -0.495 e. The highest BCUT2D eigenvalue weighted by molar-refractivity contribution is 7.92. The number of hydrogen-bond donors (Lipinski definition) is 2. The summed E-state index contributed by atoms with van der Waals surface area (Å²) in [7, 11) is -2.47. The topological polar surface area (TPSA) is 84.5 Å². The van der Waals surface area contributed by atoms with Gasteiger partial charge in [-0.2, -0.15) is 0 Å². The van der Waals surface area contributed by atoms with Crippen molar-refractivity contribution < 1.29 is 17.9 Å². The molecule has 0 bridgehead atoms. The molecule has 0 spiro atoms. The number of carbonyl (C=O) groups excluding carboxylic acids is 1. The number of aryl methyl sites for hydroxylation is 1. The fraction of sp³-hybridized carbons (Fsp3) is 0.136. The maximum atomic E-state index is 13.0. The number of para-hydroxylation sites is 2. The van der Waals surface area contributed by atoms with E-state index >= 15 is 0 Å². The lowest BCUT2D eigenvalue weighted by Gasteiger charge is -2.14. The predicted octanol–water partition coefficient (Wildman–Crippen LogP) is 4.39. The van der Waals surface area contributed by atoms with Gasteiger partial charge < -0.3 is 10.1 Å². The van der Waals surface area contributed by atoms with Crippen molar-refractivity contribution in [1.29, 1.82) is 0 Å². The van der Waals surface area contributed by atoms with E-state index in [2.05, 4.69) is 10.0 Å². The highest BCUT2D eigenvalue weighted by Crippen LogP contribution is 2.27. The van der Waals surface area contributed by atoms with E-state index in [0.717, 1.165) is 5.56 Å². The molecule has 3 aromatic carbocycles. The molecule has 6 nitrogen and oxygen atoms in total. The molecule has 30 heavy (non-hydrogen) atoms. The van der Waals surface area contributed by atoms with E-state index < -0.39 is 10.0 Å². The number of rotatable bonds is 7. The second kappa shape index (κ2) is 9.19. The summed E-state index contributed by atoms with van der Waals surface area (Å²) >= 11 is 5.86. The molecule has 0 saturated carbocycles. The lowest BCUT2D eigenvalue weighted by molar-refractivity contribution is 0.0950. The van der Waals surface area contributed by atoms with E-state index in [1.165, 1.54) is 13.2 Å². The van der Waals surface area contributed by atoms with Gasteiger partial charge in [-0.15, -0.1) is 0 Å². The molecule has 0 aliphatic heterocycles. The van der Waals surface area contributed by atoms with Crippen LogP contribution >= 0.6 is 11.6 Å². The van der Waals surface area contributed by atoms with Gasteiger partial charge in [-0.3, -0.25) is 9.52 Å². The molecule has 3 aromatic rings. The van der Waals surface area contributed by atoms with Crippen molar-refractivity contribution >= 4 is 33.2 Å². The zero-order chi connectivity index (χ0) is 21.7. The summed E-state index contributed by atoms with van der Waals surface area (Å²) in [6, 6.07) is 18.4. The number of amides is 1. The lowest BCUT2D eigenvalue weighted by Crippen LogP contribution is -2.23. The van der Waals surface area contributed by atoms with Gasteiger partial charge in [-0.25, -0.2) is 8.42 Å². The molecule has 0 fully saturated rings. The van der Waals surface area contributed by atoms with E-state index in [1.807, 2.05) is 12.1 Å². The van der Waals surface area contributed by atoms with E-state index in [-0.39, 0.29) is 16.4 Å². The van der Waals surface area contributed by atoms with Gasteiger partial charge in [0.2, 0.25) is 0 Å². The summed E-state index contributed by atoms with van der Waals surface area (Å²) in [6.07, 6.45) is 0. The Hall–Kier alpha value is -3.03. The van der Waals surface area contributed by atoms with Crippen molar-refractivity contribution in [2.45, 2.75) is 18.4 Å². The number of carbonyl (C=O) groups is 1. The number of benzene rings is 3. The summed E-state index contributed by atoms with van der Waals surface area (Å²) in [5, 5.41) is 3.40. The van der Waals surface area contributed by atoms with Crippen LogP contribution in [0, 0.1) is 6.92 Å². The third-order valence-corrected chi connectivity index (χ3v) is 6.22. The first-order valence-electron chi connectivity index (χ1n) is 9.09. The Morgan fingerprint density at radius 1 is 1.03 bits per heavy atom. The summed E-state index contributed by atoms with van der Waals surface area (Å²) in [6.45, 7) is 1.97. The molecular formula is C22H21ClN2O4S. The molecule has 0 aliphatic carbocycles. The highest BCUT2D eigenvalue weighted by atomic mass is 35.5. The van der Waals surface area contributed by atoms with Gasteiger partial charge in [0.1, 0.15) is 5.75 Å². The lowest BCUT2D eigenvalue weighted by atomic mass is 10.1. The molecule has 0 saturated heterocycles. The van der Waals surface area contributed by atoms with Gasteiger partial charge in [0.25, 0.3) is 15.9 Å². The van der Waals surface area contributed by atoms with Gasteiger partial charge >= 0.3 is 0 Å². The Labute approximate surface area is 180 Å². The van der Waals surface area contributed by atoms with E-state index in [0.29, 0.717) is 28.6 Å². The minimum absolute atomic E-state index is 0.0209. The van der Waals surface area contributed by atoms with Gasteiger partial charge in [-0.05, 0) is 54.4 Å². The van der Waals surface area contributed by atoms with Crippen LogP contribution in [0.25, 0.3) is 0 Å². The molecule has 2 N–H and O–H groups in total. The molecule has 0 aliphatic rings. The van der Waals surface area contributed by atoms with Crippen molar-refractivity contribution in [2.75, 3.05) is 11.8 Å². The Balaban J connectivity index is 1.81. The average molecular weight is 445 g/mol. The fourth-order valence-electron chi connectivity index (χ4n) is 2.85. The van der Waals surface area contributed by atoms with Crippen LogP contribution in [0.2, 0.25) is 5.02 Å². The molecule has 8 heteroatoms. The number of ether oxygens (including phenoxy) is 1. The van der Waals surface area contributed by atoms with Crippen LogP contribution in [0.3, 0.4) is 0 Å². The number of halogens is 1. The zero-order valence-electron chi connectivity index (χ0n) is 16.5. The van der Waals surface area contributed by atoms with Crippen LogP contribution in [-0.2, 0) is 16.6 Å². The Kier molecular flexibility index (Phi) is 6.64. The summed E-state index contributed by atoms with van der Waals surface area (Å²) in [5.74, 6) is 0.0225. The van der Waals surface area contributed by atoms with Crippen molar-refractivity contribution in [2.24, 2.45) is 0 Å². The predicted molar refractivity (Wildman–Crippen MR) is 118 cm³/mol. The first kappa shape index (κ1) is 21.7. The monoisotopic (exact) mass is 444 g/mol. The summed E-state index contributed by atoms with van der Waals surface area (Å²) < 4.78 is 33.7. The quantitative estimate of drug-likeness (QED) is 0.566. The molecule has 1 amide bonds. The molecule has 0 heterocycles. The SMILES string of the molecule is COc1ccccc1NS(=O)(=O)c1cc(C(=O)NCc2ccc(Cl)cc2)ccc1C. The van der Waals surface area contributed by atoms with E-state index in [4.69, 9.17) is 16.3 Å². The van der Waals surface area contributed by atoms with Gasteiger partial charge in [0, 0.05) is 17.1 Å². The maximum absolute atomic E-state index is 13.0. The Bertz CT molecular complexity index is 1160. The third kappa shape index (κ3) is 5.11. The van der Waals surface area contributed by atoms with E-state index in [9.17, 15) is 13.2 Å². The first-order chi connectivity index (χ1) is 14.3. The Morgan fingerprint density at radius 3 is 2.43 bits per heavy atom. The van der Waals surface area contributed by atoms with Crippen LogP contribution in [0.5, 0.6) is 5.75 Å². The number of hydrogen-bond acceptors (Lipinski definition) is 4. The highest BCUT2D eigenvalue weighted by Gasteiger charge is 2.20. The largest absolute Gasteiger partial charge is 0.495 e. The van der Waals surface area contributed by atoms with Crippen LogP contribution in [0.15, 0.2) is 71.6 Å². The number of sulfonamides is 1.